The Hall–Kier alpha value is -4.25. The Labute approximate surface area is 236 Å². The average Bonchev–Trinajstić information content (AvgIpc) is 2.98. The van der Waals surface area contributed by atoms with Crippen LogP contribution in [-0.4, -0.2) is 13.1 Å². The van der Waals surface area contributed by atoms with Crippen LogP contribution in [-0.2, 0) is 19.0 Å². The minimum Gasteiger partial charge on any atom is -0.341 e. The largest absolute Gasteiger partial charge is 0.416 e. The van der Waals surface area contributed by atoms with E-state index in [1.165, 1.54) is 61.6 Å². The van der Waals surface area contributed by atoms with Crippen LogP contribution in [0.3, 0.4) is 0 Å². The Morgan fingerprint density at radius 3 is 1.61 bits per heavy atom. The summed E-state index contributed by atoms with van der Waals surface area (Å²) in [4.78, 5) is 4.69. The molecule has 8 rings (SSSR count). The first-order valence-corrected chi connectivity index (χ1v) is 14.4. The second kappa shape index (κ2) is 8.87. The van der Waals surface area contributed by atoms with Crippen molar-refractivity contribution in [3.63, 3.8) is 0 Å². The molecule has 0 saturated carbocycles. The first-order chi connectivity index (χ1) is 19.9. The maximum absolute atomic E-state index is 13.5. The highest BCUT2D eigenvalue weighted by Gasteiger charge is 2.32. The zero-order chi connectivity index (χ0) is 27.9. The molecule has 0 saturated heterocycles. The number of rotatable bonds is 2. The number of nitrogens with zero attached hydrogens (tertiary/aromatic N) is 2. The van der Waals surface area contributed by atoms with E-state index in [0.717, 1.165) is 54.7 Å². The molecule has 2 aliphatic heterocycles. The molecule has 0 N–H and O–H groups in total. The summed E-state index contributed by atoms with van der Waals surface area (Å²) in [5, 5.41) is 7.23. The molecule has 0 aliphatic carbocycles. The van der Waals surface area contributed by atoms with E-state index in [1.54, 1.807) is 6.07 Å². The van der Waals surface area contributed by atoms with E-state index in [9.17, 15) is 13.2 Å². The van der Waals surface area contributed by atoms with E-state index in [1.807, 2.05) is 0 Å². The molecule has 6 aromatic carbocycles. The van der Waals surface area contributed by atoms with Crippen molar-refractivity contribution in [1.29, 1.82) is 0 Å². The maximum Gasteiger partial charge on any atom is 0.416 e. The van der Waals surface area contributed by atoms with Crippen molar-refractivity contribution in [3.05, 3.63) is 107 Å². The number of alkyl halides is 3. The fourth-order valence-corrected chi connectivity index (χ4v) is 7.24. The lowest BCUT2D eigenvalue weighted by Gasteiger charge is -2.34. The van der Waals surface area contributed by atoms with Crippen LogP contribution >= 0.6 is 0 Å². The lowest BCUT2D eigenvalue weighted by atomic mass is 9.90. The summed E-state index contributed by atoms with van der Waals surface area (Å²) in [6.07, 6.45) is -0.650. The van der Waals surface area contributed by atoms with Crippen LogP contribution in [0, 0.1) is 6.92 Å². The topological polar surface area (TPSA) is 6.48 Å². The number of anilines is 4. The number of hydrogen-bond acceptors (Lipinski definition) is 2. The normalized spacial score (nSPS) is 15.6. The summed E-state index contributed by atoms with van der Waals surface area (Å²) in [5.74, 6) is 0. The molecular weight excluding hydrogens is 517 g/mol. The van der Waals surface area contributed by atoms with Gasteiger partial charge in [-0.1, -0.05) is 54.1 Å². The van der Waals surface area contributed by atoms with E-state index < -0.39 is 11.7 Å². The van der Waals surface area contributed by atoms with Crippen LogP contribution in [0.4, 0.5) is 35.9 Å². The highest BCUT2D eigenvalue weighted by Crippen LogP contribution is 2.46. The third-order valence-electron chi connectivity index (χ3n) is 9.08. The molecule has 0 radical (unpaired) electrons. The van der Waals surface area contributed by atoms with Gasteiger partial charge in [0.15, 0.2) is 0 Å². The second-order valence-electron chi connectivity index (χ2n) is 11.6. The number of benzene rings is 6. The third kappa shape index (κ3) is 3.78. The molecule has 0 fully saturated rings. The van der Waals surface area contributed by atoms with E-state index >= 15 is 0 Å². The van der Waals surface area contributed by atoms with E-state index in [4.69, 9.17) is 0 Å². The van der Waals surface area contributed by atoms with Gasteiger partial charge in [0.25, 0.3) is 0 Å². The summed E-state index contributed by atoms with van der Waals surface area (Å²) in [5.41, 5.74) is 7.33. The summed E-state index contributed by atoms with van der Waals surface area (Å²) in [7, 11) is 0. The van der Waals surface area contributed by atoms with Crippen molar-refractivity contribution in [2.24, 2.45) is 0 Å². The highest BCUT2D eigenvalue weighted by molar-refractivity contribution is 6.27. The maximum atomic E-state index is 13.5. The predicted molar refractivity (Wildman–Crippen MR) is 163 cm³/mol. The lowest BCUT2D eigenvalue weighted by Crippen LogP contribution is -2.25. The second-order valence-corrected chi connectivity index (χ2v) is 11.6. The Kier molecular flexibility index (Phi) is 5.31. The van der Waals surface area contributed by atoms with Crippen LogP contribution in [0.15, 0.2) is 84.9 Å². The molecule has 0 unspecified atom stereocenters. The molecule has 204 valence electrons. The molecule has 41 heavy (non-hydrogen) atoms. The highest BCUT2D eigenvalue weighted by atomic mass is 19.4. The van der Waals surface area contributed by atoms with Crippen LogP contribution in [0.2, 0.25) is 0 Å². The Morgan fingerprint density at radius 1 is 0.561 bits per heavy atom. The summed E-state index contributed by atoms with van der Waals surface area (Å²) in [6.45, 7) is 3.91. The van der Waals surface area contributed by atoms with Gasteiger partial charge in [0.05, 0.1) is 5.56 Å². The van der Waals surface area contributed by atoms with Crippen molar-refractivity contribution < 1.29 is 13.2 Å². The van der Waals surface area contributed by atoms with Crippen LogP contribution in [0.1, 0.15) is 35.1 Å². The number of hydrogen-bond donors (Lipinski definition) is 0. The van der Waals surface area contributed by atoms with Gasteiger partial charge in [-0.15, -0.1) is 0 Å². The Morgan fingerprint density at radius 2 is 1.05 bits per heavy atom. The van der Waals surface area contributed by atoms with Crippen molar-refractivity contribution in [1.82, 2.24) is 0 Å². The Bertz CT molecular complexity index is 1970. The molecule has 0 atom stereocenters. The number of halogens is 3. The minimum absolute atomic E-state index is 0.574. The standard InChI is InChI=1S/C36H29F3N2/c1-22-6-14-30-25(20-22)4-2-18-40(30)32-15-9-23-8-13-29-33(16-10-24-7-12-28(32)34(23)35(24)29)41-19-3-5-26-21-27(36(37,38)39)11-17-31(26)41/h6-17,20-21H,2-5,18-19H2,1H3. The van der Waals surface area contributed by atoms with Gasteiger partial charge in [-0.05, 0) is 102 Å². The first kappa shape index (κ1) is 24.5. The molecule has 2 heterocycles. The zero-order valence-electron chi connectivity index (χ0n) is 22.9. The molecule has 6 aromatic rings. The number of aryl methyl sites for hydroxylation is 3. The summed E-state index contributed by atoms with van der Waals surface area (Å²) < 4.78 is 40.4. The fraction of sp³-hybridized carbons (Fsp3) is 0.222. The molecule has 0 spiro atoms. The number of fused-ring (bicyclic) bond motifs is 2. The van der Waals surface area contributed by atoms with Gasteiger partial charge in [-0.2, -0.15) is 13.2 Å². The van der Waals surface area contributed by atoms with Gasteiger partial charge < -0.3 is 9.80 Å². The molecule has 0 aromatic heterocycles. The van der Waals surface area contributed by atoms with Crippen molar-refractivity contribution in [3.8, 4) is 0 Å². The van der Waals surface area contributed by atoms with Gasteiger partial charge in [-0.25, -0.2) is 0 Å². The van der Waals surface area contributed by atoms with Gasteiger partial charge in [0.2, 0.25) is 0 Å². The summed E-state index contributed by atoms with van der Waals surface area (Å²) in [6, 6.07) is 28.7. The van der Waals surface area contributed by atoms with Crippen molar-refractivity contribution in [2.45, 2.75) is 38.8 Å². The zero-order valence-corrected chi connectivity index (χ0v) is 22.9. The van der Waals surface area contributed by atoms with E-state index in [0.29, 0.717) is 6.42 Å². The molecule has 5 heteroatoms. The molecule has 0 amide bonds. The SMILES string of the molecule is Cc1ccc2c(c1)CCCN2c1ccc2ccc3c(N4CCCc5cc(C(F)(F)F)ccc54)ccc4ccc1c2c43. The smallest absolute Gasteiger partial charge is 0.341 e. The van der Waals surface area contributed by atoms with E-state index in [-0.39, 0.29) is 0 Å². The van der Waals surface area contributed by atoms with Crippen LogP contribution < -0.4 is 9.80 Å². The van der Waals surface area contributed by atoms with E-state index in [2.05, 4.69) is 83.5 Å². The van der Waals surface area contributed by atoms with Crippen LogP contribution in [0.25, 0.3) is 32.3 Å². The van der Waals surface area contributed by atoms with Gasteiger partial charge >= 0.3 is 6.18 Å². The molecular formula is C36H29F3N2. The fourth-order valence-electron chi connectivity index (χ4n) is 7.24. The quantitative estimate of drug-likeness (QED) is 0.199. The van der Waals surface area contributed by atoms with Crippen molar-refractivity contribution >= 4 is 55.1 Å². The predicted octanol–water partition coefficient (Wildman–Crippen LogP) is 10.1. The van der Waals surface area contributed by atoms with Gasteiger partial charge in [0, 0.05) is 46.6 Å². The van der Waals surface area contributed by atoms with Crippen LogP contribution in [0.5, 0.6) is 0 Å². The minimum atomic E-state index is -4.34. The lowest BCUT2D eigenvalue weighted by molar-refractivity contribution is -0.137. The monoisotopic (exact) mass is 546 g/mol. The first-order valence-electron chi connectivity index (χ1n) is 14.4. The molecule has 2 nitrogen and oxygen atoms in total. The summed E-state index contributed by atoms with van der Waals surface area (Å²) >= 11 is 0. The average molecular weight is 547 g/mol. The van der Waals surface area contributed by atoms with Gasteiger partial charge in [-0.3, -0.25) is 0 Å². The molecule has 0 bridgehead atoms. The third-order valence-corrected chi connectivity index (χ3v) is 9.08. The van der Waals surface area contributed by atoms with Gasteiger partial charge in [0.1, 0.15) is 0 Å². The van der Waals surface area contributed by atoms with Crippen molar-refractivity contribution in [2.75, 3.05) is 22.9 Å². The Balaban J connectivity index is 1.32. The molecule has 2 aliphatic rings.